The van der Waals surface area contributed by atoms with Crippen molar-refractivity contribution in [1.82, 2.24) is 8.61 Å². The Labute approximate surface area is 255 Å². The van der Waals surface area contributed by atoms with Crippen molar-refractivity contribution in [2.45, 2.75) is 50.6 Å². The topological polar surface area (TPSA) is 84.0 Å². The number of ether oxygens (including phenoxy) is 1. The molecular weight excluding hydrogens is 581 g/mol. The summed E-state index contributed by atoms with van der Waals surface area (Å²) in [7, 11) is -8.23. The molecule has 0 radical (unpaired) electrons. The molecule has 0 aliphatic carbocycles. The van der Waals surface area contributed by atoms with Crippen LogP contribution >= 0.6 is 0 Å². The largest absolute Gasteiger partial charge is 0.424 e. The average Bonchev–Trinajstić information content (AvgIpc) is 3.01. The second-order valence-corrected chi connectivity index (χ2v) is 13.7. The van der Waals surface area contributed by atoms with Crippen molar-refractivity contribution >= 4 is 20.0 Å². The fourth-order valence-corrected chi connectivity index (χ4v) is 7.22. The lowest BCUT2D eigenvalue weighted by Gasteiger charge is -2.31. The van der Waals surface area contributed by atoms with E-state index in [0.29, 0.717) is 0 Å². The van der Waals surface area contributed by atoms with Gasteiger partial charge in [-0.25, -0.2) is 25.4 Å². The van der Waals surface area contributed by atoms with Crippen LogP contribution in [-0.4, -0.2) is 25.4 Å². The SMILES string of the molecule is C/C=C(/O/C(=C/C)N(Cc1ccccc1)S(=O)(=O)c1ccc(C)cc1)N(Cc1ccccc1)S(=O)(=O)c1ccc(C)cc1. The summed E-state index contributed by atoms with van der Waals surface area (Å²) in [5.74, 6) is -0.0654. The Kier molecular flexibility index (Phi) is 10.1. The van der Waals surface area contributed by atoms with Crippen molar-refractivity contribution < 1.29 is 21.6 Å². The highest BCUT2D eigenvalue weighted by Gasteiger charge is 2.32. The Bertz CT molecular complexity index is 1650. The van der Waals surface area contributed by atoms with Crippen LogP contribution in [0.25, 0.3) is 0 Å². The third-order valence-corrected chi connectivity index (χ3v) is 10.3. The second kappa shape index (κ2) is 13.8. The number of allylic oxidation sites excluding steroid dienone is 2. The van der Waals surface area contributed by atoms with Crippen LogP contribution < -0.4 is 0 Å². The zero-order chi connectivity index (χ0) is 31.0. The predicted molar refractivity (Wildman–Crippen MR) is 169 cm³/mol. The van der Waals surface area contributed by atoms with Crippen molar-refractivity contribution in [2.75, 3.05) is 0 Å². The zero-order valence-corrected chi connectivity index (χ0v) is 26.3. The highest BCUT2D eigenvalue weighted by atomic mass is 32.2. The smallest absolute Gasteiger partial charge is 0.266 e. The van der Waals surface area contributed by atoms with E-state index in [1.807, 2.05) is 74.5 Å². The molecule has 0 fully saturated rings. The van der Waals surface area contributed by atoms with Crippen LogP contribution in [0.4, 0.5) is 0 Å². The molecule has 0 saturated carbocycles. The van der Waals surface area contributed by atoms with Gasteiger partial charge in [0.25, 0.3) is 20.0 Å². The Morgan fingerprint density at radius 3 is 1.19 bits per heavy atom. The molecule has 7 nitrogen and oxygen atoms in total. The van der Waals surface area contributed by atoms with Gasteiger partial charge >= 0.3 is 0 Å². The molecule has 0 aliphatic rings. The molecule has 0 saturated heterocycles. The molecule has 0 unspecified atom stereocenters. The van der Waals surface area contributed by atoms with Crippen LogP contribution in [0, 0.1) is 13.8 Å². The van der Waals surface area contributed by atoms with Crippen molar-refractivity contribution in [3.05, 3.63) is 155 Å². The van der Waals surface area contributed by atoms with E-state index in [-0.39, 0.29) is 34.6 Å². The first-order chi connectivity index (χ1) is 20.6. The van der Waals surface area contributed by atoms with Gasteiger partial charge in [-0.1, -0.05) is 96.1 Å². The maximum Gasteiger partial charge on any atom is 0.266 e. The summed E-state index contributed by atoms with van der Waals surface area (Å²) in [6, 6.07) is 31.5. The Balaban J connectivity index is 1.79. The summed E-state index contributed by atoms with van der Waals surface area (Å²) in [5.41, 5.74) is 3.31. The summed E-state index contributed by atoms with van der Waals surface area (Å²) in [6.45, 7) is 7.01. The van der Waals surface area contributed by atoms with E-state index in [1.54, 1.807) is 62.4 Å². The number of hydrogen-bond donors (Lipinski definition) is 0. The molecule has 4 aromatic rings. The summed E-state index contributed by atoms with van der Waals surface area (Å²) in [5, 5.41) is 0. The van der Waals surface area contributed by atoms with Gasteiger partial charge in [0.2, 0.25) is 11.8 Å². The predicted octanol–water partition coefficient (Wildman–Crippen LogP) is 7.12. The van der Waals surface area contributed by atoms with E-state index in [0.717, 1.165) is 30.9 Å². The van der Waals surface area contributed by atoms with Gasteiger partial charge in [0.1, 0.15) is 0 Å². The minimum Gasteiger partial charge on any atom is -0.424 e. The van der Waals surface area contributed by atoms with Crippen molar-refractivity contribution in [3.8, 4) is 0 Å². The monoisotopic (exact) mass is 616 g/mol. The number of benzene rings is 4. The van der Waals surface area contributed by atoms with E-state index in [9.17, 15) is 16.8 Å². The zero-order valence-electron chi connectivity index (χ0n) is 24.7. The first kappa shape index (κ1) is 31.6. The van der Waals surface area contributed by atoms with E-state index >= 15 is 0 Å². The van der Waals surface area contributed by atoms with Gasteiger partial charge in [-0.15, -0.1) is 0 Å². The van der Waals surface area contributed by atoms with Gasteiger partial charge in [-0.05, 0) is 75.2 Å². The van der Waals surface area contributed by atoms with Crippen molar-refractivity contribution in [1.29, 1.82) is 0 Å². The van der Waals surface area contributed by atoms with Crippen LogP contribution in [0.2, 0.25) is 0 Å². The lowest BCUT2D eigenvalue weighted by molar-refractivity contribution is 0.161. The molecule has 0 heterocycles. The van der Waals surface area contributed by atoms with E-state index in [2.05, 4.69) is 0 Å². The fourth-order valence-electron chi connectivity index (χ4n) is 4.35. The second-order valence-electron chi connectivity index (χ2n) is 9.98. The van der Waals surface area contributed by atoms with Gasteiger partial charge < -0.3 is 4.74 Å². The summed E-state index contributed by atoms with van der Waals surface area (Å²) < 4.78 is 65.0. The molecule has 0 spiro atoms. The molecule has 0 bridgehead atoms. The maximum atomic E-state index is 14.1. The van der Waals surface area contributed by atoms with Gasteiger partial charge in [-0.2, -0.15) is 0 Å². The number of rotatable bonds is 12. The molecule has 9 heteroatoms. The third kappa shape index (κ3) is 7.55. The summed E-state index contributed by atoms with van der Waals surface area (Å²) >= 11 is 0. The van der Waals surface area contributed by atoms with Crippen LogP contribution in [0.15, 0.2) is 143 Å². The minimum absolute atomic E-state index is 0.0306. The van der Waals surface area contributed by atoms with Crippen molar-refractivity contribution in [2.24, 2.45) is 0 Å². The number of aryl methyl sites for hydroxylation is 2. The summed E-state index contributed by atoms with van der Waals surface area (Å²) in [6.07, 6.45) is 3.05. The molecule has 0 atom stereocenters. The average molecular weight is 617 g/mol. The highest BCUT2D eigenvalue weighted by molar-refractivity contribution is 7.89. The normalized spacial score (nSPS) is 12.6. The maximum absolute atomic E-state index is 14.1. The lowest BCUT2D eigenvalue weighted by atomic mass is 10.2. The molecular formula is C34H36N2O5S2. The van der Waals surface area contributed by atoms with Gasteiger partial charge in [0.05, 0.1) is 22.9 Å². The molecule has 0 aromatic heterocycles. The highest BCUT2D eigenvalue weighted by Crippen LogP contribution is 2.30. The van der Waals surface area contributed by atoms with Crippen molar-refractivity contribution in [3.63, 3.8) is 0 Å². The van der Waals surface area contributed by atoms with Crippen LogP contribution in [0.5, 0.6) is 0 Å². The van der Waals surface area contributed by atoms with Crippen LogP contribution in [0.3, 0.4) is 0 Å². The minimum atomic E-state index is -4.11. The fraction of sp³-hybridized carbons (Fsp3) is 0.176. The van der Waals surface area contributed by atoms with Crippen LogP contribution in [-0.2, 0) is 37.9 Å². The third-order valence-electron chi connectivity index (χ3n) is 6.75. The Morgan fingerprint density at radius 2 is 0.884 bits per heavy atom. The first-order valence-corrected chi connectivity index (χ1v) is 16.7. The Morgan fingerprint density at radius 1 is 0.558 bits per heavy atom. The van der Waals surface area contributed by atoms with Gasteiger partial charge in [-0.3, -0.25) is 0 Å². The number of hydrogen-bond acceptors (Lipinski definition) is 5. The van der Waals surface area contributed by atoms with Gasteiger partial charge in [0, 0.05) is 0 Å². The molecule has 224 valence electrons. The molecule has 43 heavy (non-hydrogen) atoms. The number of sulfonamides is 2. The van der Waals surface area contributed by atoms with Gasteiger partial charge in [0.15, 0.2) is 0 Å². The standard InChI is InChI=1S/C34H36N2O5S2/c1-5-33(35(25-29-13-9-7-10-14-29)42(37,38)31-21-17-27(3)18-22-31)41-34(6-2)36(26-30-15-11-8-12-16-30)43(39,40)32-23-19-28(4)20-24-32/h5-24H,25-26H2,1-4H3/b33-5+,34-6+. The van der Waals surface area contributed by atoms with E-state index < -0.39 is 20.0 Å². The van der Waals surface area contributed by atoms with E-state index in [4.69, 9.17) is 4.74 Å². The van der Waals surface area contributed by atoms with E-state index in [1.165, 1.54) is 12.2 Å². The Hall–Kier alpha value is -4.34. The molecule has 0 amide bonds. The first-order valence-electron chi connectivity index (χ1n) is 13.8. The number of nitrogens with zero attached hydrogens (tertiary/aromatic N) is 2. The lowest BCUT2D eigenvalue weighted by Crippen LogP contribution is -2.35. The van der Waals surface area contributed by atoms with Crippen LogP contribution in [0.1, 0.15) is 36.1 Å². The summed E-state index contributed by atoms with van der Waals surface area (Å²) in [4.78, 5) is 0.180. The molecule has 0 aliphatic heterocycles. The quantitative estimate of drug-likeness (QED) is 0.158. The molecule has 0 N–H and O–H groups in total. The molecule has 4 rings (SSSR count). The molecule has 4 aromatic carbocycles.